The van der Waals surface area contributed by atoms with Gasteiger partial charge in [0.2, 0.25) is 0 Å². The quantitative estimate of drug-likeness (QED) is 0.101. The number of hydrogen-bond donors (Lipinski definition) is 4. The highest BCUT2D eigenvalue weighted by atomic mass is 28.4. The van der Waals surface area contributed by atoms with Crippen LogP contribution in [0.4, 0.5) is 46.5 Å². The molecule has 45 heavy (non-hydrogen) atoms. The minimum Gasteiger partial charge on any atom is -0.377 e. The Balaban J connectivity index is 2.47. The number of rotatable bonds is 17. The van der Waals surface area contributed by atoms with E-state index < -0.39 is 102 Å². The van der Waals surface area contributed by atoms with E-state index >= 15 is 17.6 Å². The van der Waals surface area contributed by atoms with Crippen molar-refractivity contribution in [1.29, 1.82) is 0 Å². The first-order chi connectivity index (χ1) is 21.2. The van der Waals surface area contributed by atoms with Crippen molar-refractivity contribution in [2.75, 3.05) is 38.5 Å². The van der Waals surface area contributed by atoms with Crippen LogP contribution in [0.25, 0.3) is 0 Å². The Morgan fingerprint density at radius 2 is 1.02 bits per heavy atom. The van der Waals surface area contributed by atoms with Gasteiger partial charge < -0.3 is 35.0 Å². The molecule has 0 bridgehead atoms. The number of primary amides is 1. The van der Waals surface area contributed by atoms with Gasteiger partial charge in [-0.05, 0) is 12.8 Å². The predicted octanol–water partition coefficient (Wildman–Crippen LogP) is 5.37. The third-order valence-corrected chi connectivity index (χ3v) is 9.72. The summed E-state index contributed by atoms with van der Waals surface area (Å²) < 4.78 is 134. The molecule has 2 aromatic rings. The lowest BCUT2D eigenvalue weighted by molar-refractivity contribution is 0.0936. The number of hydrogen-bond acceptors (Lipinski definition) is 7. The number of carbonyl (C=O) groups is 2. The van der Waals surface area contributed by atoms with E-state index in [1.54, 1.807) is 13.8 Å². The van der Waals surface area contributed by atoms with Crippen LogP contribution in [0.2, 0.25) is 6.04 Å². The third-order valence-electron chi connectivity index (χ3n) is 6.99. The molecular weight excluding hydrogens is 640 g/mol. The summed E-state index contributed by atoms with van der Waals surface area (Å²) in [5, 5.41) is 6.64. The molecule has 0 fully saturated rings. The van der Waals surface area contributed by atoms with E-state index in [-0.39, 0.29) is 38.3 Å². The van der Waals surface area contributed by atoms with Gasteiger partial charge >= 0.3 is 8.80 Å². The maximum atomic E-state index is 15.2. The minimum atomic E-state index is -3.21. The van der Waals surface area contributed by atoms with E-state index in [0.717, 1.165) is 0 Å². The SMILES string of the molecule is CCCC(Nc1c(F)c(F)c(C(N)=O)c(F)c1F)C(CCC)Nc1c(F)c(F)c(C(=O)NCC[Si](OC)(OC)OC)c(F)c1F. The van der Waals surface area contributed by atoms with E-state index in [1.165, 1.54) is 21.3 Å². The summed E-state index contributed by atoms with van der Waals surface area (Å²) in [5.74, 6) is -19.5. The number of benzene rings is 2. The second-order valence-electron chi connectivity index (χ2n) is 9.76. The lowest BCUT2D eigenvalue weighted by atomic mass is 9.97. The third kappa shape index (κ3) is 8.03. The highest BCUT2D eigenvalue weighted by Gasteiger charge is 2.38. The summed E-state index contributed by atoms with van der Waals surface area (Å²) in [6.07, 6.45) is 0.415. The smallest absolute Gasteiger partial charge is 0.377 e. The largest absolute Gasteiger partial charge is 0.501 e. The molecule has 0 aliphatic carbocycles. The average molecular weight is 675 g/mol. The Bertz CT molecular complexity index is 1330. The summed E-state index contributed by atoms with van der Waals surface area (Å²) in [5.41, 5.74) is -1.08. The summed E-state index contributed by atoms with van der Waals surface area (Å²) in [6.45, 7) is 2.91. The molecule has 0 saturated heterocycles. The fourth-order valence-corrected chi connectivity index (χ4v) is 6.19. The summed E-state index contributed by atoms with van der Waals surface area (Å²) in [7, 11) is 0.640. The Hall–Kier alpha value is -3.48. The lowest BCUT2D eigenvalue weighted by Crippen LogP contribution is -2.45. The molecule has 0 aliphatic rings. The van der Waals surface area contributed by atoms with E-state index in [2.05, 4.69) is 16.0 Å². The van der Waals surface area contributed by atoms with Crippen molar-refractivity contribution >= 4 is 32.0 Å². The van der Waals surface area contributed by atoms with Crippen LogP contribution < -0.4 is 21.7 Å². The van der Waals surface area contributed by atoms with E-state index in [4.69, 9.17) is 19.0 Å². The molecule has 0 spiro atoms. The molecule has 2 aromatic carbocycles. The normalized spacial score (nSPS) is 13.0. The van der Waals surface area contributed by atoms with Crippen LogP contribution in [-0.4, -0.2) is 60.6 Å². The number of halogens is 8. The fraction of sp³-hybridized carbons (Fsp3) is 0.481. The van der Waals surface area contributed by atoms with Gasteiger partial charge in [0, 0.05) is 46.0 Å². The van der Waals surface area contributed by atoms with E-state index in [1.807, 2.05) is 0 Å². The summed E-state index contributed by atoms with van der Waals surface area (Å²) in [6, 6.07) is -2.56. The topological polar surface area (TPSA) is 124 Å². The van der Waals surface area contributed by atoms with Gasteiger partial charge in [-0.3, -0.25) is 9.59 Å². The lowest BCUT2D eigenvalue weighted by Gasteiger charge is -2.31. The zero-order chi connectivity index (χ0) is 34.2. The standard InChI is InChI=1S/C27H34F8N4O5Si/c1-6-8-12(38-24-20(32)16(28)14(26(36)40)17(29)21(24)33)13(9-7-2)39-25-22(34)18(30)15(19(31)23(25)35)27(41)37-10-11-45(42-3,43-4)44-5/h12-13,38-39H,6-11H2,1-5H3,(H2,36,40)(H,37,41). The second kappa shape index (κ2) is 16.2. The molecule has 0 aliphatic heterocycles. The van der Waals surface area contributed by atoms with Crippen LogP contribution in [0.15, 0.2) is 0 Å². The van der Waals surface area contributed by atoms with E-state index in [9.17, 15) is 27.2 Å². The minimum absolute atomic E-state index is 0.0404. The Kier molecular flexibility index (Phi) is 13.6. The van der Waals surface area contributed by atoms with E-state index in [0.29, 0.717) is 0 Å². The fourth-order valence-electron chi connectivity index (χ4n) is 4.65. The molecule has 0 radical (unpaired) electrons. The zero-order valence-corrected chi connectivity index (χ0v) is 26.0. The zero-order valence-electron chi connectivity index (χ0n) is 25.0. The van der Waals surface area contributed by atoms with Crippen LogP contribution in [0.5, 0.6) is 0 Å². The molecule has 9 nitrogen and oxygen atoms in total. The highest BCUT2D eigenvalue weighted by Crippen LogP contribution is 2.33. The Morgan fingerprint density at radius 1 is 0.667 bits per heavy atom. The molecular formula is C27H34F8N4O5Si. The molecule has 2 amide bonds. The molecule has 0 aromatic heterocycles. The van der Waals surface area contributed by atoms with Crippen molar-refractivity contribution in [3.63, 3.8) is 0 Å². The average Bonchev–Trinajstić information content (AvgIpc) is 3.00. The number of anilines is 2. The number of nitrogens with one attached hydrogen (secondary N) is 3. The van der Waals surface area contributed by atoms with Crippen LogP contribution in [-0.2, 0) is 13.3 Å². The van der Waals surface area contributed by atoms with Crippen molar-refractivity contribution in [3.8, 4) is 0 Å². The maximum absolute atomic E-state index is 15.2. The molecule has 18 heteroatoms. The molecule has 2 unspecified atom stereocenters. The summed E-state index contributed by atoms with van der Waals surface area (Å²) in [4.78, 5) is 23.8. The molecule has 5 N–H and O–H groups in total. The van der Waals surface area contributed by atoms with Gasteiger partial charge in [0.25, 0.3) is 11.8 Å². The van der Waals surface area contributed by atoms with Gasteiger partial charge in [0.05, 0.1) is 0 Å². The van der Waals surface area contributed by atoms with Crippen LogP contribution in [0.1, 0.15) is 60.2 Å². The van der Waals surface area contributed by atoms with Crippen molar-refractivity contribution < 1.29 is 58.0 Å². The van der Waals surface area contributed by atoms with Crippen molar-refractivity contribution in [2.24, 2.45) is 5.73 Å². The van der Waals surface area contributed by atoms with Gasteiger partial charge in [-0.2, -0.15) is 0 Å². The summed E-state index contributed by atoms with van der Waals surface area (Å²) >= 11 is 0. The van der Waals surface area contributed by atoms with Gasteiger partial charge in [-0.15, -0.1) is 0 Å². The molecule has 0 heterocycles. The molecule has 252 valence electrons. The first-order valence-electron chi connectivity index (χ1n) is 13.6. The van der Waals surface area contributed by atoms with Gasteiger partial charge in [0.15, 0.2) is 46.5 Å². The first-order valence-corrected chi connectivity index (χ1v) is 15.6. The van der Waals surface area contributed by atoms with Crippen LogP contribution >= 0.6 is 0 Å². The van der Waals surface area contributed by atoms with Crippen molar-refractivity contribution in [1.82, 2.24) is 5.32 Å². The number of amides is 2. The Morgan fingerprint density at radius 3 is 1.33 bits per heavy atom. The van der Waals surface area contributed by atoms with Crippen LogP contribution in [0.3, 0.4) is 0 Å². The van der Waals surface area contributed by atoms with Crippen molar-refractivity contribution in [2.45, 2.75) is 57.7 Å². The predicted molar refractivity (Wildman–Crippen MR) is 150 cm³/mol. The second-order valence-corrected chi connectivity index (χ2v) is 12.8. The van der Waals surface area contributed by atoms with Crippen LogP contribution in [0, 0.1) is 46.5 Å². The first kappa shape index (κ1) is 37.7. The van der Waals surface area contributed by atoms with Gasteiger partial charge in [0.1, 0.15) is 22.5 Å². The maximum Gasteiger partial charge on any atom is 0.501 e. The molecule has 0 saturated carbocycles. The Labute approximate surface area is 255 Å². The molecule has 2 rings (SSSR count). The number of nitrogens with two attached hydrogens (primary N) is 1. The van der Waals surface area contributed by atoms with Crippen molar-refractivity contribution in [3.05, 3.63) is 57.7 Å². The molecule has 2 atom stereocenters. The highest BCUT2D eigenvalue weighted by molar-refractivity contribution is 6.60. The van der Waals surface area contributed by atoms with Gasteiger partial charge in [-0.1, -0.05) is 26.7 Å². The monoisotopic (exact) mass is 674 g/mol. The number of carbonyl (C=O) groups excluding carboxylic acids is 2. The van der Waals surface area contributed by atoms with Gasteiger partial charge in [-0.25, -0.2) is 35.1 Å².